The van der Waals surface area contributed by atoms with Gasteiger partial charge >= 0.3 is 373 Å². The van der Waals surface area contributed by atoms with Crippen molar-refractivity contribution in [3.05, 3.63) is 0 Å². The first-order valence-electron chi connectivity index (χ1n) is 22.9. The van der Waals surface area contributed by atoms with Crippen molar-refractivity contribution in [1.82, 2.24) is 0 Å². The lowest BCUT2D eigenvalue weighted by molar-refractivity contribution is 0.532. The van der Waals surface area contributed by atoms with Crippen LogP contribution in [0, 0.1) is 0 Å². The second kappa shape index (κ2) is 44.0. The van der Waals surface area contributed by atoms with E-state index in [1.807, 2.05) is 0 Å². The van der Waals surface area contributed by atoms with E-state index in [0.717, 1.165) is 0 Å². The first kappa shape index (κ1) is 100. The third-order valence-corrected chi connectivity index (χ3v) is 397. The van der Waals surface area contributed by atoms with Crippen LogP contribution in [-0.4, -0.2) is 380 Å². The van der Waals surface area contributed by atoms with Crippen LogP contribution in [0.4, 0.5) is 0 Å². The lowest BCUT2D eigenvalue weighted by Crippen LogP contribution is -2.64. The Bertz CT molecular complexity index is 4340. The largest absolute Gasteiger partial charge is 0.389 e. The van der Waals surface area contributed by atoms with E-state index in [2.05, 4.69) is 0 Å². The van der Waals surface area contributed by atoms with Gasteiger partial charge in [-0.05, 0) is 0 Å². The minimum atomic E-state index is -4.85. The van der Waals surface area contributed by atoms with E-state index in [1.165, 1.54) is 0 Å². The van der Waals surface area contributed by atoms with Crippen molar-refractivity contribution in [3.8, 4) is 0 Å². The Morgan fingerprint density at radius 2 is 0.202 bits per heavy atom. The van der Waals surface area contributed by atoms with Gasteiger partial charge in [0.05, 0.1) is 0 Å². The van der Waals surface area contributed by atoms with Gasteiger partial charge in [-0.2, -0.15) is 0 Å². The maximum atomic E-state index is 13.5. The molecule has 0 fully saturated rings. The van der Waals surface area contributed by atoms with Gasteiger partial charge in [-0.3, -0.25) is 0 Å². The van der Waals surface area contributed by atoms with Gasteiger partial charge in [0.15, 0.2) is 7.11 Å². The van der Waals surface area contributed by atoms with E-state index in [4.69, 9.17) is 0 Å². The van der Waals surface area contributed by atoms with E-state index in [1.54, 1.807) is 0 Å². The van der Waals surface area contributed by atoms with Crippen molar-refractivity contribution in [2.45, 2.75) is 13.1 Å². The SMILES string of the molecule is C[Si](C)([Si](=O)[Si](=O)[Si](=O)[Si](=O)[Si](=O)[Si](=O)[Si](=O)[Si](=O)[Si](=O)[Si](=O)[Si](=O)[Si](=O)[Si](=O)[Si](=O)[Si](=O)[Si](=O)[Si](=O)[Si](=O)[Si](=O)[Si](=O)[Si](=O)[Si](=O)[Si](=O)[SiH]=O)[Si](=O)[Si](=O)[Si](=O)[Si](=O)[Si](=O)[Si](=O)[Si](=O)[Si](=O)[Si](=O)[Si](=O)[Si](=O)[Si](=O)[Si](=O)[Si](=O)[Si](=O)[Si](=O)[Si](=O)[Si](=O)[Si](=O)[Si](=O)[Si](=O)[Si](=O)[Si](=O)[SiH]=O. The smallest absolute Gasteiger partial charge is 0.381 e. The zero-order valence-electron chi connectivity index (χ0n) is 46.3. The molecule has 0 N–H and O–H groups in total. The molecule has 0 heterocycles. The fourth-order valence-electron chi connectivity index (χ4n) is 5.13. The molecule has 0 spiro atoms. The fourth-order valence-corrected chi connectivity index (χ4v) is 583. The van der Waals surface area contributed by atoms with Crippen LogP contribution in [0.2, 0.25) is 13.1 Å². The van der Waals surface area contributed by atoms with Gasteiger partial charge in [0.2, 0.25) is 0 Å². The second-order valence-electron chi connectivity index (χ2n) is 17.1. The summed E-state index contributed by atoms with van der Waals surface area (Å²) >= 11 is 0. The molecule has 0 rings (SSSR count). The summed E-state index contributed by atoms with van der Waals surface area (Å²) in [6.45, 7) is 1.24. The van der Waals surface area contributed by atoms with Crippen LogP contribution in [0.1, 0.15) is 0 Å². The molecule has 0 aliphatic carbocycles. The quantitative estimate of drug-likeness (QED) is 0.0511. The van der Waals surface area contributed by atoms with Gasteiger partial charge in [0.1, 0.15) is 0 Å². The van der Waals surface area contributed by atoms with Crippen molar-refractivity contribution >= 4 is 380 Å². The summed E-state index contributed by atoms with van der Waals surface area (Å²) in [5.74, 6) is 0. The Balaban J connectivity index is 6.12. The molecule has 0 aliphatic rings. The molecular weight excluding hydrogens is 2170 g/mol. The van der Waals surface area contributed by atoms with Crippen molar-refractivity contribution in [3.63, 3.8) is 0 Å². The minimum absolute atomic E-state index is 0.618. The summed E-state index contributed by atoms with van der Waals surface area (Å²) in [7, 11) is -221. The van der Waals surface area contributed by atoms with Gasteiger partial charge in [-0.1, -0.05) is 13.1 Å². The maximum absolute atomic E-state index is 13.5. The summed E-state index contributed by atoms with van der Waals surface area (Å²) in [4.78, 5) is 0. The van der Waals surface area contributed by atoms with Crippen molar-refractivity contribution in [2.75, 3.05) is 0 Å². The van der Waals surface area contributed by atoms with Crippen LogP contribution in [-0.2, 0) is 214 Å². The topological polar surface area (TPSA) is 819 Å². The molecule has 0 aromatic rings. The molecule has 0 radical (unpaired) electrons. The van der Waals surface area contributed by atoms with Crippen LogP contribution < -0.4 is 0 Å². The zero-order valence-corrected chi connectivity index (χ0v) is 95.6. The molecule has 500 valence electrons. The molecule has 0 unspecified atom stereocenters. The van der Waals surface area contributed by atoms with Gasteiger partial charge < -0.3 is 214 Å². The molecule has 0 saturated carbocycles. The third kappa shape index (κ3) is 25.0. The lowest BCUT2D eigenvalue weighted by Gasteiger charge is -2.12. The Morgan fingerprint density at radius 1 is 0.131 bits per heavy atom. The van der Waals surface area contributed by atoms with E-state index < -0.39 is 380 Å². The normalized spacial score (nSPS) is 10.0. The molecule has 0 saturated heterocycles. The molecule has 48 nitrogen and oxygen atoms in total. The molecule has 0 amide bonds. The van der Waals surface area contributed by atoms with Crippen molar-refractivity contribution in [2.24, 2.45) is 0 Å². The first-order valence-corrected chi connectivity index (χ1v) is 141. The van der Waals surface area contributed by atoms with Crippen molar-refractivity contribution < 1.29 is 214 Å². The van der Waals surface area contributed by atoms with Crippen LogP contribution >= 0.6 is 0 Å². The van der Waals surface area contributed by atoms with E-state index in [-0.39, 0.29) is 0 Å². The average Bonchev–Trinajstić information content (AvgIpc) is 0.804. The van der Waals surface area contributed by atoms with E-state index >= 15 is 0 Å². The summed E-state index contributed by atoms with van der Waals surface area (Å²) in [5, 5.41) is 0. The molecule has 97 heteroatoms. The van der Waals surface area contributed by atoms with Gasteiger partial charge in [-0.15, -0.1) is 0 Å². The summed E-state index contributed by atoms with van der Waals surface area (Å²) in [6.07, 6.45) is 0. The fraction of sp³-hybridized carbons (Fsp3) is 1.00. The summed E-state index contributed by atoms with van der Waals surface area (Å²) < 4.78 is 605. The molecule has 99 heavy (non-hydrogen) atoms. The van der Waals surface area contributed by atoms with Crippen molar-refractivity contribution in [1.29, 1.82) is 0 Å². The molecule has 0 aliphatic heterocycles. The van der Waals surface area contributed by atoms with E-state index in [9.17, 15) is 214 Å². The number of rotatable bonds is 48. The van der Waals surface area contributed by atoms with Gasteiger partial charge in [0.25, 0.3) is 0 Å². The highest BCUT2D eigenvalue weighted by Gasteiger charge is 2.62. The van der Waals surface area contributed by atoms with Crippen LogP contribution in [0.3, 0.4) is 0 Å². The third-order valence-electron chi connectivity index (χ3n) is 10.5. The highest BCUT2D eigenvalue weighted by Crippen LogP contribution is 2.05. The Kier molecular flexibility index (Phi) is 44.5. The Hall–Kier alpha value is 1.03. The highest BCUT2D eigenvalue weighted by molar-refractivity contribution is 7.89. The minimum Gasteiger partial charge on any atom is -0.389 e. The standard InChI is InChI=1S/C2H8O48Si49/c1-99(2,97(49)95(47)93(45)91(43)89(41)87(39)85(37)83(35)81(33)79(31)77(29)75(27)73(25)71(23)69(21)67(19)65(17)63(15)61(13)59(11)57(9)55(7)53(5)51-3)98(50)96(48)94(46)92(44)90(42)88(40)86(38)84(36)82(34)80(32)78(30)76(28)74(26)72(24)70(22)68(20)66(18)64(16)62(14)60(12)58(10)56(8)54(6)52-4/h51-52H,1-2H3. The molecular formula is C2H8O48Si49. The average molecular weight is 2180 g/mol. The van der Waals surface area contributed by atoms with Crippen LogP contribution in [0.5, 0.6) is 0 Å². The van der Waals surface area contributed by atoms with Crippen LogP contribution in [0.25, 0.3) is 0 Å². The Morgan fingerprint density at radius 3 is 0.283 bits per heavy atom. The Labute approximate surface area is 599 Å². The molecule has 0 aromatic carbocycles. The maximum Gasteiger partial charge on any atom is 0.381 e. The number of hydrogen-bond acceptors (Lipinski definition) is 48. The highest BCUT2D eigenvalue weighted by atomic mass is 30.2. The number of hydrogen-bond donors (Lipinski definition) is 0. The van der Waals surface area contributed by atoms with E-state index in [0.29, 0.717) is 13.1 Å². The predicted octanol–water partition coefficient (Wildman–Crippen LogP) is -23.7. The lowest BCUT2D eigenvalue weighted by atomic mass is 11.9. The monoisotopic (exact) mass is 2170 g/mol. The molecule has 0 aromatic heterocycles. The molecule has 0 bridgehead atoms. The first-order chi connectivity index (χ1) is 45.0. The molecule has 0 atom stereocenters. The second-order valence-corrected chi connectivity index (χ2v) is 257. The van der Waals surface area contributed by atoms with Gasteiger partial charge in [0, 0.05) is 0 Å². The summed E-state index contributed by atoms with van der Waals surface area (Å²) in [6, 6.07) is 0. The van der Waals surface area contributed by atoms with Gasteiger partial charge in [-0.25, -0.2) is 0 Å². The summed E-state index contributed by atoms with van der Waals surface area (Å²) in [5.41, 5.74) is 0. The predicted molar refractivity (Wildman–Crippen MR) is 329 cm³/mol. The van der Waals surface area contributed by atoms with Crippen LogP contribution in [0.15, 0.2) is 0 Å². The zero-order chi connectivity index (χ0) is 78.5.